The number of hydrogen-bond acceptors (Lipinski definition) is 4. The Morgan fingerprint density at radius 1 is 1.59 bits per heavy atom. The molecule has 1 atom stereocenters. The van der Waals surface area contributed by atoms with Gasteiger partial charge in [0.2, 0.25) is 0 Å². The van der Waals surface area contributed by atoms with Gasteiger partial charge in [-0.25, -0.2) is 10.2 Å². The highest BCUT2D eigenvalue weighted by molar-refractivity contribution is 6.22. The summed E-state index contributed by atoms with van der Waals surface area (Å²) >= 11 is 0. The molecule has 0 aliphatic carbocycles. The fourth-order valence-corrected chi connectivity index (χ4v) is 1.58. The lowest BCUT2D eigenvalue weighted by Crippen LogP contribution is -2.33. The second kappa shape index (κ2) is 4.86. The molecule has 0 radical (unpaired) electrons. The topological polar surface area (TPSA) is 117 Å². The van der Waals surface area contributed by atoms with E-state index in [-0.39, 0.29) is 23.0 Å². The SMILES string of the molecule is C/C(=N\NC(N)=O)C1=C(O)[C@@H](C(C)C)NC1=O. The third-order valence-electron chi connectivity index (χ3n) is 2.43. The number of nitrogens with zero attached hydrogens (tertiary/aromatic N) is 1. The Kier molecular flexibility index (Phi) is 3.72. The van der Waals surface area contributed by atoms with Crippen LogP contribution in [0.4, 0.5) is 4.79 Å². The molecule has 0 bridgehead atoms. The molecule has 0 aromatic carbocycles. The Bertz CT molecular complexity index is 412. The zero-order chi connectivity index (χ0) is 13.2. The predicted octanol–water partition coefficient (Wildman–Crippen LogP) is -0.00290. The van der Waals surface area contributed by atoms with Crippen LogP contribution in [0.2, 0.25) is 0 Å². The molecule has 5 N–H and O–H groups in total. The van der Waals surface area contributed by atoms with Crippen LogP contribution in [0.5, 0.6) is 0 Å². The Morgan fingerprint density at radius 3 is 2.59 bits per heavy atom. The maximum absolute atomic E-state index is 11.6. The summed E-state index contributed by atoms with van der Waals surface area (Å²) in [4.78, 5) is 22.1. The molecule has 0 saturated heterocycles. The highest BCUT2D eigenvalue weighted by Gasteiger charge is 2.34. The molecule has 0 aromatic heterocycles. The van der Waals surface area contributed by atoms with E-state index in [2.05, 4.69) is 10.4 Å². The molecule has 17 heavy (non-hydrogen) atoms. The molecule has 0 fully saturated rings. The van der Waals surface area contributed by atoms with Crippen molar-refractivity contribution in [2.75, 3.05) is 0 Å². The number of amides is 3. The van der Waals surface area contributed by atoms with Gasteiger partial charge in [0, 0.05) is 0 Å². The third-order valence-corrected chi connectivity index (χ3v) is 2.43. The van der Waals surface area contributed by atoms with Crippen molar-refractivity contribution in [3.05, 3.63) is 11.3 Å². The Hall–Kier alpha value is -2.05. The largest absolute Gasteiger partial charge is 0.509 e. The van der Waals surface area contributed by atoms with E-state index >= 15 is 0 Å². The van der Waals surface area contributed by atoms with Crippen LogP contribution in [0.15, 0.2) is 16.4 Å². The van der Waals surface area contributed by atoms with Crippen molar-refractivity contribution in [3.63, 3.8) is 0 Å². The fourth-order valence-electron chi connectivity index (χ4n) is 1.58. The molecule has 0 unspecified atom stereocenters. The monoisotopic (exact) mass is 240 g/mol. The minimum Gasteiger partial charge on any atom is -0.509 e. The number of rotatable bonds is 3. The molecule has 0 aromatic rings. The van der Waals surface area contributed by atoms with Gasteiger partial charge in [-0.05, 0) is 12.8 Å². The summed E-state index contributed by atoms with van der Waals surface area (Å²) in [6, 6.07) is -1.25. The molecule has 1 rings (SSSR count). The standard InChI is InChI=1S/C10H16N4O3/c1-4(2)7-8(15)6(9(16)12-7)5(3)13-14-10(11)17/h4,7,15H,1-3H3,(H,12,16)(H3,11,14,17)/b13-5+/t7-/m1/s1. The molecule has 7 heteroatoms. The second-order valence-corrected chi connectivity index (χ2v) is 4.13. The maximum Gasteiger partial charge on any atom is 0.332 e. The smallest absolute Gasteiger partial charge is 0.332 e. The molecule has 0 saturated carbocycles. The number of aliphatic hydroxyl groups excluding tert-OH is 1. The Labute approximate surface area is 98.8 Å². The summed E-state index contributed by atoms with van der Waals surface area (Å²) in [6.45, 7) is 5.25. The van der Waals surface area contributed by atoms with Gasteiger partial charge in [0.05, 0.1) is 11.8 Å². The first-order valence-electron chi connectivity index (χ1n) is 5.18. The average Bonchev–Trinajstić information content (AvgIpc) is 2.51. The van der Waals surface area contributed by atoms with E-state index in [1.165, 1.54) is 6.92 Å². The van der Waals surface area contributed by atoms with Gasteiger partial charge in [0.25, 0.3) is 5.91 Å². The van der Waals surface area contributed by atoms with Crippen LogP contribution in [0.1, 0.15) is 20.8 Å². The summed E-state index contributed by atoms with van der Waals surface area (Å²) in [6.07, 6.45) is 0. The number of aliphatic hydroxyl groups is 1. The van der Waals surface area contributed by atoms with E-state index in [4.69, 9.17) is 5.73 Å². The minimum absolute atomic E-state index is 0.0579. The number of urea groups is 1. The van der Waals surface area contributed by atoms with Gasteiger partial charge >= 0.3 is 6.03 Å². The summed E-state index contributed by atoms with van der Waals surface area (Å²) < 4.78 is 0. The van der Waals surface area contributed by atoms with E-state index in [1.807, 2.05) is 19.3 Å². The zero-order valence-corrected chi connectivity index (χ0v) is 9.94. The maximum atomic E-state index is 11.6. The summed E-state index contributed by atoms with van der Waals surface area (Å²) in [5.74, 6) is -0.403. The van der Waals surface area contributed by atoms with Crippen LogP contribution in [-0.2, 0) is 4.79 Å². The van der Waals surface area contributed by atoms with Crippen LogP contribution in [0, 0.1) is 5.92 Å². The van der Waals surface area contributed by atoms with E-state index in [0.717, 1.165) is 0 Å². The van der Waals surface area contributed by atoms with Gasteiger partial charge in [0.15, 0.2) is 0 Å². The molecule has 1 heterocycles. The van der Waals surface area contributed by atoms with Crippen LogP contribution in [-0.4, -0.2) is 28.8 Å². The predicted molar refractivity (Wildman–Crippen MR) is 62.3 cm³/mol. The number of nitrogens with two attached hydrogens (primary N) is 1. The third kappa shape index (κ3) is 2.74. The quantitative estimate of drug-likeness (QED) is 0.410. The van der Waals surface area contributed by atoms with Crippen molar-refractivity contribution in [1.29, 1.82) is 0 Å². The van der Waals surface area contributed by atoms with Gasteiger partial charge < -0.3 is 16.2 Å². The number of primary amides is 1. The van der Waals surface area contributed by atoms with Crippen molar-refractivity contribution in [2.24, 2.45) is 16.8 Å². The number of carbonyl (C=O) groups is 2. The van der Waals surface area contributed by atoms with Crippen molar-refractivity contribution in [3.8, 4) is 0 Å². The first-order chi connectivity index (χ1) is 7.84. The average molecular weight is 240 g/mol. The number of hydrazone groups is 1. The molecule has 1 aliphatic heterocycles. The van der Waals surface area contributed by atoms with Crippen molar-refractivity contribution in [1.82, 2.24) is 10.7 Å². The normalized spacial score (nSPS) is 20.8. The lowest BCUT2D eigenvalue weighted by atomic mass is 10.0. The second-order valence-electron chi connectivity index (χ2n) is 4.13. The van der Waals surface area contributed by atoms with Crippen LogP contribution < -0.4 is 16.5 Å². The number of hydrogen-bond donors (Lipinski definition) is 4. The van der Waals surface area contributed by atoms with Crippen molar-refractivity contribution < 1.29 is 14.7 Å². The van der Waals surface area contributed by atoms with E-state index in [9.17, 15) is 14.7 Å². The Morgan fingerprint density at radius 2 is 2.18 bits per heavy atom. The number of nitrogens with one attached hydrogen (secondary N) is 2. The Balaban J connectivity index is 2.99. The zero-order valence-electron chi connectivity index (χ0n) is 9.94. The van der Waals surface area contributed by atoms with Gasteiger partial charge in [-0.2, -0.15) is 5.10 Å². The molecular weight excluding hydrogens is 224 g/mol. The molecule has 94 valence electrons. The summed E-state index contributed by atoms with van der Waals surface area (Å²) in [7, 11) is 0. The van der Waals surface area contributed by atoms with Crippen LogP contribution in [0.3, 0.4) is 0 Å². The molecule has 1 aliphatic rings. The lowest BCUT2D eigenvalue weighted by Gasteiger charge is -2.14. The first-order valence-corrected chi connectivity index (χ1v) is 5.18. The van der Waals surface area contributed by atoms with Gasteiger partial charge in [0.1, 0.15) is 11.3 Å². The minimum atomic E-state index is -0.830. The summed E-state index contributed by atoms with van der Waals surface area (Å²) in [5, 5.41) is 16.1. The summed E-state index contributed by atoms with van der Waals surface area (Å²) in [5.41, 5.74) is 7.15. The molecule has 0 spiro atoms. The number of carbonyl (C=O) groups excluding carboxylic acids is 2. The van der Waals surface area contributed by atoms with E-state index < -0.39 is 18.0 Å². The van der Waals surface area contributed by atoms with E-state index in [1.54, 1.807) is 0 Å². The molecule has 7 nitrogen and oxygen atoms in total. The van der Waals surface area contributed by atoms with Gasteiger partial charge in [-0.15, -0.1) is 0 Å². The fraction of sp³-hybridized carbons (Fsp3) is 0.500. The highest BCUT2D eigenvalue weighted by Crippen LogP contribution is 2.21. The molecule has 3 amide bonds. The van der Waals surface area contributed by atoms with E-state index in [0.29, 0.717) is 0 Å². The van der Waals surface area contributed by atoms with Gasteiger partial charge in [-0.3, -0.25) is 4.79 Å². The van der Waals surface area contributed by atoms with Crippen LogP contribution in [0.25, 0.3) is 0 Å². The van der Waals surface area contributed by atoms with Crippen molar-refractivity contribution >= 4 is 17.6 Å². The highest BCUT2D eigenvalue weighted by atomic mass is 16.3. The van der Waals surface area contributed by atoms with Crippen molar-refractivity contribution in [2.45, 2.75) is 26.8 Å². The lowest BCUT2D eigenvalue weighted by molar-refractivity contribution is -0.116. The van der Waals surface area contributed by atoms with Crippen LogP contribution >= 0.6 is 0 Å². The molecular formula is C10H16N4O3. The first kappa shape index (κ1) is 13.0. The van der Waals surface area contributed by atoms with Gasteiger partial charge in [-0.1, -0.05) is 13.8 Å².